The van der Waals surface area contributed by atoms with Crippen LogP contribution in [0.3, 0.4) is 0 Å². The highest BCUT2D eigenvalue weighted by Crippen LogP contribution is 2.41. The van der Waals surface area contributed by atoms with Crippen LogP contribution in [0.25, 0.3) is 10.9 Å². The van der Waals surface area contributed by atoms with Crippen LogP contribution in [0, 0.1) is 5.41 Å². The second-order valence-electron chi connectivity index (χ2n) is 8.56. The number of aromatic nitrogens is 1. The summed E-state index contributed by atoms with van der Waals surface area (Å²) in [6.07, 6.45) is 1.19. The molecule has 0 saturated carbocycles. The molecule has 156 valence electrons. The first-order valence-corrected chi connectivity index (χ1v) is 10.2. The molecule has 0 spiro atoms. The zero-order chi connectivity index (χ0) is 21.2. The number of carbonyl (C=O) groups is 3. The smallest absolute Gasteiger partial charge is 0.320 e. The van der Waals surface area contributed by atoms with Crippen molar-refractivity contribution < 1.29 is 23.9 Å². The summed E-state index contributed by atoms with van der Waals surface area (Å²) in [6.45, 7) is 7.94. The lowest BCUT2D eigenvalue weighted by molar-refractivity contribution is -0.157. The average molecular weight is 399 g/mol. The summed E-state index contributed by atoms with van der Waals surface area (Å²) in [5.74, 6) is -1.04. The van der Waals surface area contributed by atoms with E-state index in [0.717, 1.165) is 10.9 Å². The molecule has 0 bridgehead atoms. The van der Waals surface area contributed by atoms with Crippen molar-refractivity contribution in [3.05, 3.63) is 36.0 Å². The van der Waals surface area contributed by atoms with Gasteiger partial charge in [0, 0.05) is 23.9 Å². The van der Waals surface area contributed by atoms with E-state index in [0.29, 0.717) is 25.1 Å². The largest absolute Gasteiger partial charge is 0.465 e. The molecule has 1 unspecified atom stereocenters. The summed E-state index contributed by atoms with van der Waals surface area (Å²) < 4.78 is 12.6. The number of esters is 2. The molecule has 1 aromatic carbocycles. The van der Waals surface area contributed by atoms with E-state index in [1.54, 1.807) is 6.92 Å². The Hall–Kier alpha value is -2.63. The lowest BCUT2D eigenvalue weighted by Crippen LogP contribution is -2.45. The molecule has 0 fully saturated rings. The van der Waals surface area contributed by atoms with Gasteiger partial charge in [0.25, 0.3) is 0 Å². The number of nitrogens with zero attached hydrogens (tertiary/aromatic N) is 1. The highest BCUT2D eigenvalue weighted by Gasteiger charge is 2.50. The number of benzene rings is 1. The molecule has 1 atom stereocenters. The fourth-order valence-corrected chi connectivity index (χ4v) is 4.03. The molecule has 1 aromatic heterocycles. The Kier molecular flexibility index (Phi) is 5.82. The van der Waals surface area contributed by atoms with Gasteiger partial charge in [-0.05, 0) is 59.1 Å². The molecule has 0 aliphatic carbocycles. The van der Waals surface area contributed by atoms with E-state index in [1.807, 2.05) is 55.7 Å². The number of hydrogen-bond acceptors (Lipinski definition) is 5. The van der Waals surface area contributed by atoms with Crippen molar-refractivity contribution in [2.24, 2.45) is 5.41 Å². The van der Waals surface area contributed by atoms with Gasteiger partial charge in [-0.3, -0.25) is 14.4 Å². The Morgan fingerprint density at radius 1 is 1.21 bits per heavy atom. The van der Waals surface area contributed by atoms with E-state index in [9.17, 15) is 14.4 Å². The number of rotatable bonds is 6. The predicted octanol–water partition coefficient (Wildman–Crippen LogP) is 4.29. The number of hydrogen-bond donors (Lipinski definition) is 0. The maximum atomic E-state index is 13.5. The molecule has 0 amide bonds. The van der Waals surface area contributed by atoms with Gasteiger partial charge in [-0.2, -0.15) is 0 Å². The Balaban J connectivity index is 1.85. The van der Waals surface area contributed by atoms with Gasteiger partial charge in [0.05, 0.1) is 12.3 Å². The number of ether oxygens (including phenoxy) is 2. The maximum Gasteiger partial charge on any atom is 0.320 e. The summed E-state index contributed by atoms with van der Waals surface area (Å²) in [6, 6.07) is 9.65. The summed E-state index contributed by atoms with van der Waals surface area (Å²) in [4.78, 5) is 38.5. The average Bonchev–Trinajstić information content (AvgIpc) is 3.02. The number of ketones is 1. The fraction of sp³-hybridized carbons (Fsp3) is 0.522. The Morgan fingerprint density at radius 3 is 2.62 bits per heavy atom. The third kappa shape index (κ3) is 4.21. The van der Waals surface area contributed by atoms with Gasteiger partial charge in [-0.15, -0.1) is 0 Å². The molecule has 0 radical (unpaired) electrons. The maximum absolute atomic E-state index is 13.5. The monoisotopic (exact) mass is 399 g/mol. The predicted molar refractivity (Wildman–Crippen MR) is 110 cm³/mol. The molecule has 1 aliphatic heterocycles. The SMILES string of the molecule is CCOC(=O)C1(CCCC(=O)OC(C)(C)C)CCn2c(cc3ccccc32)C1=O. The fourth-order valence-electron chi connectivity index (χ4n) is 4.03. The van der Waals surface area contributed by atoms with Crippen LogP contribution in [0.4, 0.5) is 0 Å². The Labute approximate surface area is 171 Å². The van der Waals surface area contributed by atoms with Crippen LogP contribution in [-0.2, 0) is 25.6 Å². The van der Waals surface area contributed by atoms with Gasteiger partial charge < -0.3 is 14.0 Å². The van der Waals surface area contributed by atoms with Crippen molar-refractivity contribution in [1.29, 1.82) is 0 Å². The van der Waals surface area contributed by atoms with E-state index < -0.39 is 17.0 Å². The van der Waals surface area contributed by atoms with E-state index in [4.69, 9.17) is 9.47 Å². The molecular weight excluding hydrogens is 370 g/mol. The molecule has 3 rings (SSSR count). The van der Waals surface area contributed by atoms with Crippen molar-refractivity contribution >= 4 is 28.6 Å². The minimum atomic E-state index is -1.25. The van der Waals surface area contributed by atoms with Crippen molar-refractivity contribution in [2.45, 2.75) is 65.5 Å². The standard InChI is InChI=1S/C23H29NO5/c1-5-28-21(27)23(12-8-11-19(25)29-22(2,3)4)13-14-24-17-10-7-6-9-16(17)15-18(24)20(23)26/h6-7,9-10,15H,5,8,11-14H2,1-4H3. The second-order valence-corrected chi connectivity index (χ2v) is 8.56. The second kappa shape index (κ2) is 8.01. The van der Waals surface area contributed by atoms with E-state index in [2.05, 4.69) is 0 Å². The summed E-state index contributed by atoms with van der Waals surface area (Å²) >= 11 is 0. The van der Waals surface area contributed by atoms with Gasteiger partial charge in [0.15, 0.2) is 5.78 Å². The highest BCUT2D eigenvalue weighted by atomic mass is 16.6. The first-order valence-electron chi connectivity index (χ1n) is 10.2. The van der Waals surface area contributed by atoms with Crippen LogP contribution in [-0.4, -0.2) is 34.5 Å². The van der Waals surface area contributed by atoms with Crippen molar-refractivity contribution in [3.63, 3.8) is 0 Å². The molecule has 6 nitrogen and oxygen atoms in total. The van der Waals surface area contributed by atoms with E-state index >= 15 is 0 Å². The number of para-hydroxylation sites is 1. The molecule has 2 heterocycles. The van der Waals surface area contributed by atoms with Gasteiger partial charge in [0.1, 0.15) is 11.0 Å². The van der Waals surface area contributed by atoms with Crippen LogP contribution >= 0.6 is 0 Å². The molecular formula is C23H29NO5. The zero-order valence-corrected chi connectivity index (χ0v) is 17.6. The number of carbonyl (C=O) groups excluding carboxylic acids is 3. The minimum absolute atomic E-state index is 0.161. The normalized spacial score (nSPS) is 19.1. The summed E-state index contributed by atoms with van der Waals surface area (Å²) in [7, 11) is 0. The molecule has 0 saturated heterocycles. The van der Waals surface area contributed by atoms with Gasteiger partial charge >= 0.3 is 11.9 Å². The molecule has 1 aliphatic rings. The number of fused-ring (bicyclic) bond motifs is 3. The lowest BCUT2D eigenvalue weighted by atomic mass is 9.73. The third-order valence-electron chi connectivity index (χ3n) is 5.31. The molecule has 29 heavy (non-hydrogen) atoms. The molecule has 6 heteroatoms. The summed E-state index contributed by atoms with van der Waals surface area (Å²) in [5.41, 5.74) is -0.287. The zero-order valence-electron chi connectivity index (χ0n) is 17.6. The molecule has 2 aromatic rings. The first-order chi connectivity index (χ1) is 13.7. The van der Waals surface area contributed by atoms with Crippen molar-refractivity contribution in [2.75, 3.05) is 6.61 Å². The van der Waals surface area contributed by atoms with Gasteiger partial charge in [-0.1, -0.05) is 18.2 Å². The quantitative estimate of drug-likeness (QED) is 0.535. The lowest BCUT2D eigenvalue weighted by Gasteiger charge is -2.34. The van der Waals surface area contributed by atoms with E-state index in [-0.39, 0.29) is 31.2 Å². The highest BCUT2D eigenvalue weighted by molar-refractivity contribution is 6.14. The van der Waals surface area contributed by atoms with Crippen LogP contribution in [0.1, 0.15) is 63.9 Å². The summed E-state index contributed by atoms with van der Waals surface area (Å²) in [5, 5.41) is 0.976. The van der Waals surface area contributed by atoms with Crippen LogP contribution in [0.5, 0.6) is 0 Å². The van der Waals surface area contributed by atoms with Gasteiger partial charge in [0.2, 0.25) is 0 Å². The third-order valence-corrected chi connectivity index (χ3v) is 5.31. The number of Topliss-reactive ketones (excluding diaryl/α,β-unsaturated/α-hetero) is 1. The molecule has 0 N–H and O–H groups in total. The first kappa shape index (κ1) is 21.1. The topological polar surface area (TPSA) is 74.6 Å². The number of aryl methyl sites for hydroxylation is 1. The van der Waals surface area contributed by atoms with E-state index in [1.165, 1.54) is 0 Å². The minimum Gasteiger partial charge on any atom is -0.465 e. The van der Waals surface area contributed by atoms with Gasteiger partial charge in [-0.25, -0.2) is 0 Å². The van der Waals surface area contributed by atoms with Crippen molar-refractivity contribution in [3.8, 4) is 0 Å². The van der Waals surface area contributed by atoms with Crippen molar-refractivity contribution in [1.82, 2.24) is 4.57 Å². The Morgan fingerprint density at radius 2 is 1.93 bits per heavy atom. The van der Waals surface area contributed by atoms with Crippen LogP contribution < -0.4 is 0 Å². The van der Waals surface area contributed by atoms with Crippen LogP contribution in [0.15, 0.2) is 30.3 Å². The Bertz CT molecular complexity index is 936. The van der Waals surface area contributed by atoms with Crippen LogP contribution in [0.2, 0.25) is 0 Å².